The normalized spacial score (nSPS) is 22.6. The van der Waals surface area contributed by atoms with E-state index in [9.17, 15) is 14.6 Å². The summed E-state index contributed by atoms with van der Waals surface area (Å²) in [6.45, 7) is 4.41. The van der Waals surface area contributed by atoms with E-state index in [1.54, 1.807) is 12.1 Å². The number of aliphatic hydroxyl groups excluding tert-OH is 2. The van der Waals surface area contributed by atoms with Gasteiger partial charge in [0.15, 0.2) is 0 Å². The van der Waals surface area contributed by atoms with Gasteiger partial charge in [-0.15, -0.1) is 0 Å². The van der Waals surface area contributed by atoms with E-state index >= 15 is 0 Å². The van der Waals surface area contributed by atoms with Crippen LogP contribution < -0.4 is 4.90 Å². The molecule has 0 aliphatic carbocycles. The first-order chi connectivity index (χ1) is 8.96. The molecule has 0 amide bonds. The highest BCUT2D eigenvalue weighted by Crippen LogP contribution is 2.30. The lowest BCUT2D eigenvalue weighted by molar-refractivity contribution is -0.101. The Hall–Kier alpha value is -1.17. The van der Waals surface area contributed by atoms with Gasteiger partial charge in [-0.3, -0.25) is 0 Å². The Labute approximate surface area is 112 Å². The molecule has 0 bridgehead atoms. The molecular formula is C14H20FNO3. The molecule has 19 heavy (non-hydrogen) atoms. The minimum Gasteiger partial charge on any atom is -0.394 e. The molecule has 106 valence electrons. The maximum atomic E-state index is 14.0. The van der Waals surface area contributed by atoms with E-state index in [0.29, 0.717) is 24.3 Å². The van der Waals surface area contributed by atoms with Crippen LogP contribution in [-0.2, 0) is 11.3 Å². The number of halogens is 1. The minimum atomic E-state index is -0.472. The van der Waals surface area contributed by atoms with Crippen molar-refractivity contribution in [1.82, 2.24) is 0 Å². The summed E-state index contributed by atoms with van der Waals surface area (Å²) in [6.07, 6.45) is -0.352. The van der Waals surface area contributed by atoms with Crippen molar-refractivity contribution in [2.24, 2.45) is 0 Å². The molecule has 4 nitrogen and oxygen atoms in total. The molecule has 2 rings (SSSR count). The van der Waals surface area contributed by atoms with Gasteiger partial charge in [0, 0.05) is 18.7 Å². The third kappa shape index (κ3) is 3.05. The Kier molecular flexibility index (Phi) is 4.08. The molecule has 1 unspecified atom stereocenters. The maximum absolute atomic E-state index is 14.0. The number of morpholine rings is 1. The Morgan fingerprint density at radius 1 is 1.42 bits per heavy atom. The molecule has 0 spiro atoms. The second-order valence-corrected chi connectivity index (χ2v) is 5.47. The van der Waals surface area contributed by atoms with Gasteiger partial charge in [0.1, 0.15) is 5.82 Å². The summed E-state index contributed by atoms with van der Waals surface area (Å²) in [5.41, 5.74) is 0.481. The summed E-state index contributed by atoms with van der Waals surface area (Å²) in [6, 6.07) is 4.67. The van der Waals surface area contributed by atoms with Crippen molar-refractivity contribution in [3.05, 3.63) is 29.6 Å². The molecule has 1 aliphatic heterocycles. The van der Waals surface area contributed by atoms with Crippen molar-refractivity contribution in [1.29, 1.82) is 0 Å². The molecule has 1 fully saturated rings. The molecule has 0 saturated carbocycles. The SMILES string of the molecule is CC1(C)CN(c2c(F)cccc2CO)CC(CO)O1. The average Bonchev–Trinajstić information content (AvgIpc) is 2.36. The van der Waals surface area contributed by atoms with Gasteiger partial charge in [-0.05, 0) is 19.9 Å². The van der Waals surface area contributed by atoms with Crippen LogP contribution in [0.15, 0.2) is 18.2 Å². The first kappa shape index (κ1) is 14.2. The van der Waals surface area contributed by atoms with Crippen molar-refractivity contribution >= 4 is 5.69 Å². The van der Waals surface area contributed by atoms with Crippen molar-refractivity contribution in [2.75, 3.05) is 24.6 Å². The Bertz CT molecular complexity index is 450. The Morgan fingerprint density at radius 3 is 2.79 bits per heavy atom. The van der Waals surface area contributed by atoms with Gasteiger partial charge in [0.25, 0.3) is 0 Å². The number of hydrogen-bond acceptors (Lipinski definition) is 4. The molecule has 5 heteroatoms. The van der Waals surface area contributed by atoms with E-state index in [2.05, 4.69) is 0 Å². The highest BCUT2D eigenvalue weighted by Gasteiger charge is 2.34. The molecule has 1 saturated heterocycles. The van der Waals surface area contributed by atoms with Crippen LogP contribution in [0.4, 0.5) is 10.1 Å². The summed E-state index contributed by atoms with van der Waals surface area (Å²) in [7, 11) is 0. The molecule has 1 aliphatic rings. The Morgan fingerprint density at radius 2 is 2.16 bits per heavy atom. The zero-order chi connectivity index (χ0) is 14.0. The fourth-order valence-electron chi connectivity index (χ4n) is 2.60. The second kappa shape index (κ2) is 5.45. The summed E-state index contributed by atoms with van der Waals surface area (Å²) in [5.74, 6) is -0.360. The van der Waals surface area contributed by atoms with Crippen LogP contribution in [-0.4, -0.2) is 41.6 Å². The van der Waals surface area contributed by atoms with Gasteiger partial charge in [0.05, 0.1) is 30.6 Å². The van der Waals surface area contributed by atoms with Crippen LogP contribution in [0.5, 0.6) is 0 Å². The van der Waals surface area contributed by atoms with E-state index in [1.165, 1.54) is 6.07 Å². The lowest BCUT2D eigenvalue weighted by atomic mass is 10.0. The van der Waals surface area contributed by atoms with Gasteiger partial charge < -0.3 is 19.8 Å². The zero-order valence-electron chi connectivity index (χ0n) is 11.3. The zero-order valence-corrected chi connectivity index (χ0v) is 11.3. The van der Waals surface area contributed by atoms with Gasteiger partial charge in [0.2, 0.25) is 0 Å². The first-order valence-corrected chi connectivity index (χ1v) is 6.38. The lowest BCUT2D eigenvalue weighted by Gasteiger charge is -2.44. The summed E-state index contributed by atoms with van der Waals surface area (Å²) in [4.78, 5) is 1.84. The van der Waals surface area contributed by atoms with Crippen LogP contribution >= 0.6 is 0 Å². The average molecular weight is 269 g/mol. The first-order valence-electron chi connectivity index (χ1n) is 6.38. The quantitative estimate of drug-likeness (QED) is 0.868. The third-order valence-corrected chi connectivity index (χ3v) is 3.24. The second-order valence-electron chi connectivity index (χ2n) is 5.47. The van der Waals surface area contributed by atoms with Crippen LogP contribution in [0.2, 0.25) is 0 Å². The highest BCUT2D eigenvalue weighted by atomic mass is 19.1. The van der Waals surface area contributed by atoms with E-state index < -0.39 is 5.60 Å². The van der Waals surface area contributed by atoms with Gasteiger partial charge in [-0.25, -0.2) is 4.39 Å². The number of aliphatic hydroxyl groups is 2. The molecular weight excluding hydrogens is 249 g/mol. The van der Waals surface area contributed by atoms with Crippen molar-refractivity contribution in [3.63, 3.8) is 0 Å². The van der Waals surface area contributed by atoms with Crippen molar-refractivity contribution < 1.29 is 19.3 Å². The molecule has 2 N–H and O–H groups in total. The van der Waals surface area contributed by atoms with Crippen LogP contribution in [0.25, 0.3) is 0 Å². The van der Waals surface area contributed by atoms with Crippen LogP contribution in [0.1, 0.15) is 19.4 Å². The number of para-hydroxylation sites is 1. The number of rotatable bonds is 3. The standard InChI is InChI=1S/C14H20FNO3/c1-14(2)9-16(6-11(8-18)19-14)13-10(7-17)4-3-5-12(13)15/h3-5,11,17-18H,6-9H2,1-2H3. The van der Waals surface area contributed by atoms with Crippen LogP contribution in [0.3, 0.4) is 0 Å². The van der Waals surface area contributed by atoms with Gasteiger partial charge in [-0.1, -0.05) is 12.1 Å². The van der Waals surface area contributed by atoms with E-state index in [0.717, 1.165) is 0 Å². The summed E-state index contributed by atoms with van der Waals surface area (Å²) < 4.78 is 19.8. The lowest BCUT2D eigenvalue weighted by Crippen LogP contribution is -2.54. The van der Waals surface area contributed by atoms with E-state index in [4.69, 9.17) is 4.74 Å². The van der Waals surface area contributed by atoms with Crippen molar-refractivity contribution in [2.45, 2.75) is 32.2 Å². The molecule has 0 aromatic heterocycles. The summed E-state index contributed by atoms with van der Waals surface area (Å²) in [5, 5.41) is 18.6. The highest BCUT2D eigenvalue weighted by molar-refractivity contribution is 5.55. The Balaban J connectivity index is 2.35. The molecule has 1 heterocycles. The minimum absolute atomic E-state index is 0.108. The van der Waals surface area contributed by atoms with E-state index in [-0.39, 0.29) is 25.1 Å². The summed E-state index contributed by atoms with van der Waals surface area (Å²) >= 11 is 0. The predicted molar refractivity (Wildman–Crippen MR) is 70.6 cm³/mol. The monoisotopic (exact) mass is 269 g/mol. The largest absolute Gasteiger partial charge is 0.394 e. The molecule has 1 aromatic carbocycles. The molecule has 0 radical (unpaired) electrons. The number of nitrogens with zero attached hydrogens (tertiary/aromatic N) is 1. The molecule has 1 atom stereocenters. The van der Waals surface area contributed by atoms with Crippen LogP contribution in [0, 0.1) is 5.82 Å². The molecule has 1 aromatic rings. The van der Waals surface area contributed by atoms with Gasteiger partial charge >= 0.3 is 0 Å². The number of benzene rings is 1. The number of hydrogen-bond donors (Lipinski definition) is 2. The third-order valence-electron chi connectivity index (χ3n) is 3.24. The topological polar surface area (TPSA) is 52.9 Å². The fourth-order valence-corrected chi connectivity index (χ4v) is 2.60. The van der Waals surface area contributed by atoms with Gasteiger partial charge in [-0.2, -0.15) is 0 Å². The predicted octanol–water partition coefficient (Wildman–Crippen LogP) is 1.29. The number of ether oxygens (including phenoxy) is 1. The van der Waals surface area contributed by atoms with E-state index in [1.807, 2.05) is 18.7 Å². The van der Waals surface area contributed by atoms with Crippen molar-refractivity contribution in [3.8, 4) is 0 Å². The maximum Gasteiger partial charge on any atom is 0.146 e. The number of anilines is 1. The fraction of sp³-hybridized carbons (Fsp3) is 0.571. The smallest absolute Gasteiger partial charge is 0.146 e.